The lowest BCUT2D eigenvalue weighted by Gasteiger charge is -2.28. The third-order valence-corrected chi connectivity index (χ3v) is 4.54. The van der Waals surface area contributed by atoms with Crippen molar-refractivity contribution in [2.75, 3.05) is 11.9 Å². The third-order valence-electron chi connectivity index (χ3n) is 4.05. The Bertz CT molecular complexity index is 444. The molecule has 0 aromatic heterocycles. The van der Waals surface area contributed by atoms with Crippen LogP contribution in [-0.4, -0.2) is 18.5 Å². The van der Waals surface area contributed by atoms with E-state index < -0.39 is 0 Å². The topological polar surface area (TPSA) is 41.1 Å². The Morgan fingerprint density at radius 2 is 2.10 bits per heavy atom. The molecule has 0 bridgehead atoms. The van der Waals surface area contributed by atoms with E-state index in [0.717, 1.165) is 16.1 Å². The first-order valence-corrected chi connectivity index (χ1v) is 8.23. The lowest BCUT2D eigenvalue weighted by molar-refractivity contribution is -0.115. The first kappa shape index (κ1) is 15.5. The molecule has 4 heteroatoms. The van der Waals surface area contributed by atoms with Crippen molar-refractivity contribution in [3.05, 3.63) is 28.7 Å². The largest absolute Gasteiger partial charge is 0.325 e. The lowest BCUT2D eigenvalue weighted by atomic mass is 9.84. The summed E-state index contributed by atoms with van der Waals surface area (Å²) in [6.45, 7) is 2.58. The highest BCUT2D eigenvalue weighted by Crippen LogP contribution is 2.26. The monoisotopic (exact) mass is 338 g/mol. The van der Waals surface area contributed by atoms with Crippen molar-refractivity contribution in [3.8, 4) is 0 Å². The van der Waals surface area contributed by atoms with E-state index in [0.29, 0.717) is 12.6 Å². The van der Waals surface area contributed by atoms with Crippen LogP contribution in [0.25, 0.3) is 0 Å². The number of nitrogens with one attached hydrogen (secondary N) is 2. The van der Waals surface area contributed by atoms with Crippen LogP contribution in [0.5, 0.6) is 0 Å². The summed E-state index contributed by atoms with van der Waals surface area (Å²) in [6.07, 6.45) is 6.62. The molecule has 110 valence electrons. The molecule has 3 nitrogen and oxygen atoms in total. The Hall–Kier alpha value is -0.870. The summed E-state index contributed by atoms with van der Waals surface area (Å²) in [5.41, 5.74) is 0.830. The van der Waals surface area contributed by atoms with Crippen molar-refractivity contribution < 1.29 is 4.79 Å². The highest BCUT2D eigenvalue weighted by atomic mass is 79.9. The SMILES string of the molecule is C[C@H](NCC(=O)Nc1cccc(Br)c1)C1CCCCC1. The molecule has 20 heavy (non-hydrogen) atoms. The molecule has 1 atom stereocenters. The normalized spacial score (nSPS) is 17.7. The van der Waals surface area contributed by atoms with Gasteiger partial charge >= 0.3 is 0 Å². The Morgan fingerprint density at radius 3 is 2.80 bits per heavy atom. The van der Waals surface area contributed by atoms with Crippen LogP contribution >= 0.6 is 15.9 Å². The van der Waals surface area contributed by atoms with Crippen LogP contribution in [0.15, 0.2) is 28.7 Å². The molecular formula is C16H23BrN2O. The van der Waals surface area contributed by atoms with E-state index in [9.17, 15) is 4.79 Å². The fraction of sp³-hybridized carbons (Fsp3) is 0.562. The van der Waals surface area contributed by atoms with Gasteiger partial charge in [0.05, 0.1) is 6.54 Å². The number of benzene rings is 1. The van der Waals surface area contributed by atoms with Gasteiger partial charge in [0.2, 0.25) is 5.91 Å². The summed E-state index contributed by atoms with van der Waals surface area (Å²) in [4.78, 5) is 11.9. The molecule has 0 saturated heterocycles. The number of anilines is 1. The number of rotatable bonds is 5. The summed E-state index contributed by atoms with van der Waals surface area (Å²) in [7, 11) is 0. The van der Waals surface area contributed by atoms with Crippen LogP contribution in [0.3, 0.4) is 0 Å². The van der Waals surface area contributed by atoms with Crippen LogP contribution in [0.2, 0.25) is 0 Å². The zero-order chi connectivity index (χ0) is 14.4. The van der Waals surface area contributed by atoms with Crippen LogP contribution in [0.1, 0.15) is 39.0 Å². The third kappa shape index (κ3) is 4.91. The smallest absolute Gasteiger partial charge is 0.238 e. The van der Waals surface area contributed by atoms with Gasteiger partial charge < -0.3 is 10.6 Å². The molecule has 1 aromatic rings. The molecule has 2 N–H and O–H groups in total. The van der Waals surface area contributed by atoms with Gasteiger partial charge in [-0.3, -0.25) is 4.79 Å². The molecule has 1 aliphatic rings. The second-order valence-electron chi connectivity index (χ2n) is 5.63. The van der Waals surface area contributed by atoms with Crippen molar-refractivity contribution in [2.45, 2.75) is 45.1 Å². The van der Waals surface area contributed by atoms with E-state index in [-0.39, 0.29) is 5.91 Å². The number of hydrogen-bond acceptors (Lipinski definition) is 2. The van der Waals surface area contributed by atoms with Crippen LogP contribution < -0.4 is 10.6 Å². The molecule has 1 aromatic carbocycles. The summed E-state index contributed by atoms with van der Waals surface area (Å²) >= 11 is 3.40. The van der Waals surface area contributed by atoms with E-state index in [4.69, 9.17) is 0 Å². The Labute approximate surface area is 129 Å². The van der Waals surface area contributed by atoms with Gasteiger partial charge in [-0.1, -0.05) is 41.3 Å². The average Bonchev–Trinajstić information content (AvgIpc) is 2.46. The highest BCUT2D eigenvalue weighted by Gasteiger charge is 2.20. The van der Waals surface area contributed by atoms with Crippen molar-refractivity contribution in [3.63, 3.8) is 0 Å². The minimum atomic E-state index is 0.0192. The molecule has 0 aliphatic heterocycles. The number of carbonyl (C=O) groups is 1. The quantitative estimate of drug-likeness (QED) is 0.853. The standard InChI is InChI=1S/C16H23BrN2O/c1-12(13-6-3-2-4-7-13)18-11-16(20)19-15-9-5-8-14(17)10-15/h5,8-10,12-13,18H,2-4,6-7,11H2,1H3,(H,19,20)/t12-/m0/s1. The second kappa shape index (κ2) is 7.79. The molecule has 0 radical (unpaired) electrons. The molecule has 2 rings (SSSR count). The van der Waals surface area contributed by atoms with Gasteiger partial charge in [-0.15, -0.1) is 0 Å². The maximum absolute atomic E-state index is 11.9. The van der Waals surface area contributed by atoms with Gasteiger partial charge in [0.15, 0.2) is 0 Å². The fourth-order valence-corrected chi connectivity index (χ4v) is 3.23. The van der Waals surface area contributed by atoms with Crippen molar-refractivity contribution in [2.24, 2.45) is 5.92 Å². The van der Waals surface area contributed by atoms with Gasteiger partial charge in [0.25, 0.3) is 0 Å². The maximum Gasteiger partial charge on any atom is 0.238 e. The molecule has 1 amide bonds. The first-order valence-electron chi connectivity index (χ1n) is 7.44. The van der Waals surface area contributed by atoms with Gasteiger partial charge in [-0.05, 0) is 43.9 Å². The number of hydrogen-bond donors (Lipinski definition) is 2. The molecular weight excluding hydrogens is 316 g/mol. The molecule has 0 unspecified atom stereocenters. The molecule has 1 aliphatic carbocycles. The zero-order valence-electron chi connectivity index (χ0n) is 12.0. The highest BCUT2D eigenvalue weighted by molar-refractivity contribution is 9.10. The van der Waals surface area contributed by atoms with Crippen molar-refractivity contribution in [1.29, 1.82) is 0 Å². The molecule has 1 saturated carbocycles. The van der Waals surface area contributed by atoms with Crippen LogP contribution in [-0.2, 0) is 4.79 Å². The Morgan fingerprint density at radius 1 is 1.35 bits per heavy atom. The summed E-state index contributed by atoms with van der Waals surface area (Å²) in [6, 6.07) is 8.08. The minimum absolute atomic E-state index is 0.0192. The summed E-state index contributed by atoms with van der Waals surface area (Å²) in [5, 5.41) is 6.27. The second-order valence-corrected chi connectivity index (χ2v) is 6.54. The van der Waals surface area contributed by atoms with Crippen LogP contribution in [0, 0.1) is 5.92 Å². The van der Waals surface area contributed by atoms with Gasteiger partial charge in [-0.25, -0.2) is 0 Å². The maximum atomic E-state index is 11.9. The first-order chi connectivity index (χ1) is 9.65. The van der Waals surface area contributed by atoms with Crippen molar-refractivity contribution in [1.82, 2.24) is 5.32 Å². The van der Waals surface area contributed by atoms with E-state index in [1.807, 2.05) is 24.3 Å². The van der Waals surface area contributed by atoms with E-state index in [2.05, 4.69) is 33.5 Å². The summed E-state index contributed by atoms with van der Waals surface area (Å²) in [5.74, 6) is 0.744. The fourth-order valence-electron chi connectivity index (χ4n) is 2.83. The van der Waals surface area contributed by atoms with E-state index >= 15 is 0 Å². The van der Waals surface area contributed by atoms with Gasteiger partial charge in [-0.2, -0.15) is 0 Å². The minimum Gasteiger partial charge on any atom is -0.325 e. The predicted molar refractivity (Wildman–Crippen MR) is 86.8 cm³/mol. The van der Waals surface area contributed by atoms with Gasteiger partial charge in [0.1, 0.15) is 0 Å². The van der Waals surface area contributed by atoms with E-state index in [1.54, 1.807) is 0 Å². The number of amides is 1. The van der Waals surface area contributed by atoms with Gasteiger partial charge in [0, 0.05) is 16.2 Å². The number of halogens is 1. The Kier molecular flexibility index (Phi) is 6.05. The molecule has 0 spiro atoms. The summed E-state index contributed by atoms with van der Waals surface area (Å²) < 4.78 is 0.971. The zero-order valence-corrected chi connectivity index (χ0v) is 13.6. The average molecular weight is 339 g/mol. The van der Waals surface area contributed by atoms with Crippen LogP contribution in [0.4, 0.5) is 5.69 Å². The van der Waals surface area contributed by atoms with Crippen molar-refractivity contribution >= 4 is 27.5 Å². The Balaban J connectivity index is 1.74. The lowest BCUT2D eigenvalue weighted by Crippen LogP contribution is -2.39. The van der Waals surface area contributed by atoms with E-state index in [1.165, 1.54) is 32.1 Å². The molecule has 1 fully saturated rings. The molecule has 0 heterocycles. The predicted octanol–water partition coefficient (Wildman–Crippen LogP) is 3.95. The number of carbonyl (C=O) groups excluding carboxylic acids is 1.